The van der Waals surface area contributed by atoms with Crippen LogP contribution in [-0.4, -0.2) is 61.6 Å². The summed E-state index contributed by atoms with van der Waals surface area (Å²) in [4.78, 5) is 68.3. The van der Waals surface area contributed by atoms with E-state index in [1.54, 1.807) is 0 Å². The Morgan fingerprint density at radius 1 is 0.861 bits per heavy atom. The van der Waals surface area contributed by atoms with Crippen LogP contribution in [0, 0.1) is 13.5 Å². The van der Waals surface area contributed by atoms with Gasteiger partial charge in [0, 0.05) is 122 Å². The largest absolute Gasteiger partial charge is 0.655 e. The predicted molar refractivity (Wildman–Crippen MR) is 104 cm³/mol. The molecule has 0 amide bonds. The fourth-order valence-corrected chi connectivity index (χ4v) is 0. The molecule has 0 spiro atoms. The second-order valence-corrected chi connectivity index (χ2v) is 3.03. The fourth-order valence-electron chi connectivity index (χ4n) is 0. The number of carbonyl (C=O) groups excluding carboxylic acids is 6. The van der Waals surface area contributed by atoms with Gasteiger partial charge in [0.15, 0.2) is 6.58 Å². The molecule has 0 heterocycles. The van der Waals surface area contributed by atoms with Crippen molar-refractivity contribution in [1.82, 2.24) is 0 Å². The summed E-state index contributed by atoms with van der Waals surface area (Å²) in [5, 5.41) is 14.8. The van der Waals surface area contributed by atoms with Crippen LogP contribution in [0.5, 0.6) is 0 Å². The van der Waals surface area contributed by atoms with Gasteiger partial charge in [-0.2, -0.15) is 25.6 Å². The van der Waals surface area contributed by atoms with E-state index in [0.717, 1.165) is 20.3 Å². The average Bonchev–Trinajstić information content (AvgIpc) is 2.65. The van der Waals surface area contributed by atoms with Crippen LogP contribution in [0.1, 0.15) is 47.5 Å². The molecule has 0 aromatic carbocycles. The van der Waals surface area contributed by atoms with Gasteiger partial charge in [0.2, 0.25) is 0 Å². The molecular weight excluding hydrogens is 762 g/mol. The van der Waals surface area contributed by atoms with Gasteiger partial charge in [-0.15, -0.1) is 0 Å². The molecule has 18 heteroatoms. The third-order valence-electron chi connectivity index (χ3n) is 0.180. The summed E-state index contributed by atoms with van der Waals surface area (Å²) in [5.41, 5.74) is 0. The molecule has 0 aliphatic heterocycles. The quantitative estimate of drug-likeness (QED) is 0.304. The summed E-state index contributed by atoms with van der Waals surface area (Å²) in [6, 6.07) is 0. The first-order valence-corrected chi connectivity index (χ1v) is 7.40. The van der Waals surface area contributed by atoms with E-state index in [2.05, 4.69) is 43.4 Å². The van der Waals surface area contributed by atoms with Crippen LogP contribution in [0.25, 0.3) is 0 Å². The summed E-state index contributed by atoms with van der Waals surface area (Å²) in [6.45, 7) is 20.5. The van der Waals surface area contributed by atoms with E-state index < -0.39 is 11.9 Å². The molecule has 6 radical (unpaired) electrons. The molecule has 0 aromatic heterocycles. The van der Waals surface area contributed by atoms with Crippen molar-refractivity contribution in [3.8, 4) is 0 Å². The van der Waals surface area contributed by atoms with Crippen molar-refractivity contribution >= 4 is 37.2 Å². The summed E-state index contributed by atoms with van der Waals surface area (Å²) in [5.74, 6) is -1.67. The second-order valence-electron chi connectivity index (χ2n) is 3.03. The van der Waals surface area contributed by atoms with Crippen molar-refractivity contribution < 1.29 is 159 Å². The minimum absolute atomic E-state index is 0. The van der Waals surface area contributed by atoms with Gasteiger partial charge in [-0.1, -0.05) is 33.7 Å². The molecule has 0 atom stereocenters. The third kappa shape index (κ3) is 19700. The molecule has 0 aromatic rings. The number of carboxylic acids is 2. The summed E-state index contributed by atoms with van der Waals surface area (Å²) >= 11 is 0. The number of aliphatic carboxylic acids is 2. The maximum Gasteiger partial charge on any atom is 0.373 e. The minimum atomic E-state index is -0.833. The number of hydrogen-bond donors (Lipinski definition) is 2. The minimum Gasteiger partial charge on any atom is -0.655 e. The summed E-state index contributed by atoms with van der Waals surface area (Å²) in [6.07, 6.45) is 2.75. The van der Waals surface area contributed by atoms with Gasteiger partial charge in [0.1, 0.15) is 6.58 Å². The Balaban J connectivity index is -0.0000000104. The zero-order valence-corrected chi connectivity index (χ0v) is 26.7. The number of ether oxygens (including phenoxy) is 2. The standard InChI is InChI=1S/C3H8.C3H7.C2H4O2.C2H3O2.2C2H4O2.C2H3.2CO2.6Co/c2*1-3-2;2*1-4-2-3;2*1-2(3)4;1-2;2*2-1-3;;;;;;/h3H2,1-2H3;1,3H2,2H3;2H,1H3;1H3;2*1H3,(H,3,4);1H,2H2;;;;;;;;/q;-1;;-1;;;+1;;;;;;;;. The molecule has 0 saturated heterocycles. The molecular formula is C18H33Co6O12-. The number of methoxy groups -OCH3 is 2. The molecule has 0 bridgehead atoms. The molecule has 2 N–H and O–H groups in total. The van der Waals surface area contributed by atoms with Crippen molar-refractivity contribution in [2.75, 3.05) is 14.2 Å². The molecule has 0 aliphatic carbocycles. The molecule has 232 valence electrons. The van der Waals surface area contributed by atoms with E-state index in [0.29, 0.717) is 6.47 Å². The Labute approximate surface area is 275 Å². The van der Waals surface area contributed by atoms with Crippen LogP contribution < -0.4 is 0 Å². The van der Waals surface area contributed by atoms with Gasteiger partial charge in [-0.3, -0.25) is 14.4 Å². The first-order valence-electron chi connectivity index (χ1n) is 7.40. The number of hydrogen-bond acceptors (Lipinski definition) is 10. The Morgan fingerprint density at radius 2 is 0.917 bits per heavy atom. The molecule has 0 unspecified atom stereocenters. The second kappa shape index (κ2) is 215. The van der Waals surface area contributed by atoms with E-state index in [1.807, 2.05) is 6.92 Å². The van der Waals surface area contributed by atoms with E-state index >= 15 is 0 Å². The molecule has 0 rings (SSSR count). The van der Waals surface area contributed by atoms with Crippen molar-refractivity contribution in [3.63, 3.8) is 0 Å². The van der Waals surface area contributed by atoms with Gasteiger partial charge in [-0.05, 0) is 0 Å². The summed E-state index contributed by atoms with van der Waals surface area (Å²) < 4.78 is 7.60. The zero-order chi connectivity index (χ0) is 26.8. The van der Waals surface area contributed by atoms with Crippen LogP contribution in [0.3, 0.4) is 0 Å². The van der Waals surface area contributed by atoms with Crippen molar-refractivity contribution in [3.05, 3.63) is 20.1 Å². The molecule has 0 fully saturated rings. The SMILES string of the molecule is CC(=O)O.CC(=O)O.CCC.COC=O.CO[C-]=O.O=C=O.O=C=O.[CH+]=C.[CH2-]CC.[Co].[Co].[Co].[Co].[Co].[Co]. The monoisotopic (exact) mass is 795 g/mol. The number of carbonyl (C=O) groups is 3. The first kappa shape index (κ1) is 101. The molecule has 36 heavy (non-hydrogen) atoms. The van der Waals surface area contributed by atoms with Gasteiger partial charge >= 0.3 is 12.3 Å². The van der Waals surface area contributed by atoms with Gasteiger partial charge in [0.05, 0.1) is 7.11 Å². The Morgan fingerprint density at radius 3 is 0.917 bits per heavy atom. The van der Waals surface area contributed by atoms with Crippen LogP contribution >= 0.6 is 0 Å². The van der Waals surface area contributed by atoms with E-state index in [-0.39, 0.29) is 113 Å². The maximum atomic E-state index is 9.00. The average molecular weight is 795 g/mol. The molecule has 12 nitrogen and oxygen atoms in total. The third-order valence-corrected chi connectivity index (χ3v) is 0.180. The number of rotatable bonds is 2. The zero-order valence-electron chi connectivity index (χ0n) is 20.5. The fraction of sp³-hybridized carbons (Fsp3) is 0.500. The molecule has 0 aliphatic rings. The summed E-state index contributed by atoms with van der Waals surface area (Å²) in [7, 11) is 2.57. The molecule has 0 saturated carbocycles. The topological polar surface area (TPSA) is 195 Å². The van der Waals surface area contributed by atoms with Crippen molar-refractivity contribution in [2.24, 2.45) is 0 Å². The van der Waals surface area contributed by atoms with Crippen molar-refractivity contribution in [1.29, 1.82) is 0 Å². The van der Waals surface area contributed by atoms with Crippen LogP contribution in [-0.2, 0) is 149 Å². The maximum absolute atomic E-state index is 9.00. The predicted octanol–water partition coefficient (Wildman–Crippen LogP) is 1.74. The van der Waals surface area contributed by atoms with Gasteiger partial charge in [-0.25, -0.2) is 0 Å². The Hall–Kier alpha value is -0.671. The van der Waals surface area contributed by atoms with Crippen LogP contribution in [0.2, 0.25) is 0 Å². The van der Waals surface area contributed by atoms with Gasteiger partial charge in [0.25, 0.3) is 18.4 Å². The van der Waals surface area contributed by atoms with Crippen molar-refractivity contribution in [2.45, 2.75) is 47.5 Å². The smallest absolute Gasteiger partial charge is 0.373 e. The van der Waals surface area contributed by atoms with Crippen LogP contribution in [0.4, 0.5) is 0 Å². The van der Waals surface area contributed by atoms with Crippen LogP contribution in [0.15, 0.2) is 6.58 Å². The Bertz CT molecular complexity index is 338. The van der Waals surface area contributed by atoms with E-state index in [4.69, 9.17) is 48.6 Å². The normalized spacial score (nSPS) is 4.08. The number of carboxylic acid groups (broad SMARTS) is 2. The Kier molecular flexibility index (Phi) is 601. The first-order chi connectivity index (χ1) is 13.9. The van der Waals surface area contributed by atoms with E-state index in [9.17, 15) is 0 Å². The van der Waals surface area contributed by atoms with Gasteiger partial charge < -0.3 is 31.4 Å². The van der Waals surface area contributed by atoms with E-state index in [1.165, 1.54) is 27.1 Å².